The van der Waals surface area contributed by atoms with Crippen LogP contribution in [0.3, 0.4) is 0 Å². The molecule has 2 aromatic rings. The van der Waals surface area contributed by atoms with Crippen molar-refractivity contribution in [1.82, 2.24) is 20.1 Å². The van der Waals surface area contributed by atoms with Gasteiger partial charge in [0.2, 0.25) is 0 Å². The molecule has 1 fully saturated rings. The zero-order valence-electron chi connectivity index (χ0n) is 19.5. The molecule has 3 N–H and O–H groups in total. The van der Waals surface area contributed by atoms with Crippen LogP contribution in [-0.4, -0.2) is 87.3 Å². The number of aryl methyl sites for hydroxylation is 2. The van der Waals surface area contributed by atoms with Gasteiger partial charge in [-0.15, -0.1) is 0 Å². The standard InChI is InChI=1S/C17H25N5.2C2HF3O2/c1-14-15(2)19-20-17(14)6-4-8-21-9-11-22(12-10-21)16-5-3-7-18-13-16;2*3-2(4,5)1(6)7/h3,5,7,13H,4,6,8-12H2,1-2H3,(H,19,20);2*(H,6,7). The first-order chi connectivity index (χ1) is 16.6. The molecule has 15 heteroatoms. The van der Waals surface area contributed by atoms with E-state index in [-0.39, 0.29) is 0 Å². The van der Waals surface area contributed by atoms with Gasteiger partial charge >= 0.3 is 24.3 Å². The lowest BCUT2D eigenvalue weighted by Gasteiger charge is -2.35. The number of carboxylic acid groups (broad SMARTS) is 2. The smallest absolute Gasteiger partial charge is 0.475 e. The van der Waals surface area contributed by atoms with Gasteiger partial charge in [0.05, 0.1) is 17.6 Å². The Kier molecular flexibility index (Phi) is 11.6. The number of alkyl halides is 6. The molecule has 2 aromatic heterocycles. The fourth-order valence-electron chi connectivity index (χ4n) is 3.02. The number of piperazine rings is 1. The highest BCUT2D eigenvalue weighted by molar-refractivity contribution is 5.73. The molecule has 0 atom stereocenters. The molecule has 0 amide bonds. The molecule has 0 bridgehead atoms. The van der Waals surface area contributed by atoms with Crippen molar-refractivity contribution in [2.24, 2.45) is 0 Å². The lowest BCUT2D eigenvalue weighted by atomic mass is 10.1. The maximum atomic E-state index is 10.6. The number of H-pyrrole nitrogens is 1. The van der Waals surface area contributed by atoms with Gasteiger partial charge in [0, 0.05) is 38.1 Å². The summed E-state index contributed by atoms with van der Waals surface area (Å²) in [5.41, 5.74) is 4.98. The molecule has 0 spiro atoms. The number of aliphatic carboxylic acids is 2. The van der Waals surface area contributed by atoms with Gasteiger partial charge < -0.3 is 15.1 Å². The molecule has 36 heavy (non-hydrogen) atoms. The van der Waals surface area contributed by atoms with E-state index < -0.39 is 24.3 Å². The summed E-state index contributed by atoms with van der Waals surface area (Å²) in [7, 11) is 0. The number of nitrogens with one attached hydrogen (secondary N) is 1. The number of aromatic amines is 1. The summed E-state index contributed by atoms with van der Waals surface area (Å²) in [6.07, 6.45) is -4.13. The maximum absolute atomic E-state index is 10.6. The van der Waals surface area contributed by atoms with E-state index in [1.165, 1.54) is 29.1 Å². The fourth-order valence-corrected chi connectivity index (χ4v) is 3.02. The third kappa shape index (κ3) is 10.9. The minimum atomic E-state index is -5.08. The normalized spacial score (nSPS) is 14.3. The number of rotatable bonds is 5. The number of nitrogens with zero attached hydrogens (tertiary/aromatic N) is 4. The molecule has 1 saturated heterocycles. The lowest BCUT2D eigenvalue weighted by molar-refractivity contribution is -0.193. The summed E-state index contributed by atoms with van der Waals surface area (Å²) in [6, 6.07) is 4.15. The second-order valence-electron chi connectivity index (χ2n) is 7.67. The molecule has 0 unspecified atom stereocenters. The average Bonchev–Trinajstić information content (AvgIpc) is 3.12. The third-order valence-corrected chi connectivity index (χ3v) is 5.11. The van der Waals surface area contributed by atoms with E-state index in [1.807, 2.05) is 18.5 Å². The number of aromatic nitrogens is 3. The lowest BCUT2D eigenvalue weighted by Crippen LogP contribution is -2.46. The van der Waals surface area contributed by atoms with Gasteiger partial charge in [0.15, 0.2) is 0 Å². The highest BCUT2D eigenvalue weighted by Gasteiger charge is 2.38. The van der Waals surface area contributed by atoms with E-state index in [1.54, 1.807) is 0 Å². The van der Waals surface area contributed by atoms with E-state index in [9.17, 15) is 26.3 Å². The van der Waals surface area contributed by atoms with Crippen molar-refractivity contribution in [3.05, 3.63) is 41.5 Å². The number of carboxylic acids is 2. The Hall–Kier alpha value is -3.36. The Morgan fingerprint density at radius 3 is 1.92 bits per heavy atom. The predicted octanol–water partition coefficient (Wildman–Crippen LogP) is 3.44. The van der Waals surface area contributed by atoms with Crippen LogP contribution in [0.2, 0.25) is 0 Å². The second kappa shape index (κ2) is 13.7. The van der Waals surface area contributed by atoms with Crippen molar-refractivity contribution >= 4 is 17.6 Å². The van der Waals surface area contributed by atoms with Crippen LogP contribution in [-0.2, 0) is 16.0 Å². The van der Waals surface area contributed by atoms with Gasteiger partial charge in [-0.1, -0.05) is 0 Å². The molecular weight excluding hydrogens is 500 g/mol. The predicted molar refractivity (Wildman–Crippen MR) is 117 cm³/mol. The zero-order valence-corrected chi connectivity index (χ0v) is 19.5. The molecular formula is C21H27F6N5O4. The monoisotopic (exact) mass is 527 g/mol. The van der Waals surface area contributed by atoms with Crippen LogP contribution >= 0.6 is 0 Å². The molecule has 0 radical (unpaired) electrons. The Morgan fingerprint density at radius 1 is 1.00 bits per heavy atom. The topological polar surface area (TPSA) is 123 Å². The average molecular weight is 527 g/mol. The Morgan fingerprint density at radius 2 is 1.53 bits per heavy atom. The van der Waals surface area contributed by atoms with Crippen LogP contribution in [0.5, 0.6) is 0 Å². The molecule has 3 rings (SSSR count). The van der Waals surface area contributed by atoms with Gasteiger partial charge in [-0.05, 0) is 50.9 Å². The van der Waals surface area contributed by atoms with Crippen LogP contribution in [0.4, 0.5) is 32.0 Å². The molecule has 1 aliphatic rings. The van der Waals surface area contributed by atoms with E-state index in [2.05, 4.69) is 44.9 Å². The van der Waals surface area contributed by atoms with Crippen molar-refractivity contribution in [1.29, 1.82) is 0 Å². The van der Waals surface area contributed by atoms with Crippen LogP contribution in [0.1, 0.15) is 23.4 Å². The SMILES string of the molecule is Cc1[nH]nc(CCCN2CCN(c3cccnc3)CC2)c1C.O=C(O)C(F)(F)F.O=C(O)C(F)(F)F. The third-order valence-electron chi connectivity index (χ3n) is 5.11. The van der Waals surface area contributed by atoms with Gasteiger partial charge in [-0.25, -0.2) is 9.59 Å². The van der Waals surface area contributed by atoms with Crippen LogP contribution in [0.25, 0.3) is 0 Å². The van der Waals surface area contributed by atoms with Crippen LogP contribution in [0, 0.1) is 13.8 Å². The van der Waals surface area contributed by atoms with Gasteiger partial charge in [0.25, 0.3) is 0 Å². The first-order valence-corrected chi connectivity index (χ1v) is 10.6. The summed E-state index contributed by atoms with van der Waals surface area (Å²) in [4.78, 5) is 27.0. The zero-order chi connectivity index (χ0) is 27.5. The molecule has 0 aromatic carbocycles. The molecule has 0 aliphatic carbocycles. The number of halogens is 6. The summed E-state index contributed by atoms with van der Waals surface area (Å²) >= 11 is 0. The van der Waals surface area contributed by atoms with E-state index in [0.29, 0.717) is 0 Å². The Bertz CT molecular complexity index is 934. The first kappa shape index (κ1) is 30.7. The summed E-state index contributed by atoms with van der Waals surface area (Å²) < 4.78 is 63.5. The number of anilines is 1. The Labute approximate surface area is 202 Å². The van der Waals surface area contributed by atoms with E-state index in [4.69, 9.17) is 19.8 Å². The number of pyridine rings is 1. The molecule has 1 aliphatic heterocycles. The van der Waals surface area contributed by atoms with Crippen molar-refractivity contribution < 1.29 is 46.1 Å². The summed E-state index contributed by atoms with van der Waals surface area (Å²) in [6.45, 7) is 9.84. The summed E-state index contributed by atoms with van der Waals surface area (Å²) in [5, 5.41) is 21.7. The van der Waals surface area contributed by atoms with Crippen LogP contribution in [0.15, 0.2) is 24.5 Å². The molecule has 3 heterocycles. The van der Waals surface area contributed by atoms with Crippen molar-refractivity contribution in [3.8, 4) is 0 Å². The van der Waals surface area contributed by atoms with Gasteiger partial charge in [-0.3, -0.25) is 15.0 Å². The van der Waals surface area contributed by atoms with E-state index >= 15 is 0 Å². The highest BCUT2D eigenvalue weighted by Crippen LogP contribution is 2.16. The minimum absolute atomic E-state index is 1.07. The molecule has 202 valence electrons. The molecule has 9 nitrogen and oxygen atoms in total. The number of hydrogen-bond donors (Lipinski definition) is 3. The van der Waals surface area contributed by atoms with Crippen LogP contribution < -0.4 is 4.90 Å². The van der Waals surface area contributed by atoms with Crippen molar-refractivity contribution in [2.75, 3.05) is 37.6 Å². The Balaban J connectivity index is 0.000000383. The first-order valence-electron chi connectivity index (χ1n) is 10.6. The van der Waals surface area contributed by atoms with Crippen molar-refractivity contribution in [2.45, 2.75) is 39.0 Å². The molecule has 0 saturated carbocycles. The fraction of sp³-hybridized carbons (Fsp3) is 0.524. The number of hydrogen-bond acceptors (Lipinski definition) is 6. The quantitative estimate of drug-likeness (QED) is 0.506. The number of carbonyl (C=O) groups is 2. The second-order valence-corrected chi connectivity index (χ2v) is 7.67. The van der Waals surface area contributed by atoms with Gasteiger partial charge in [0.1, 0.15) is 0 Å². The van der Waals surface area contributed by atoms with E-state index in [0.717, 1.165) is 39.1 Å². The van der Waals surface area contributed by atoms with Crippen molar-refractivity contribution in [3.63, 3.8) is 0 Å². The van der Waals surface area contributed by atoms with Gasteiger partial charge in [-0.2, -0.15) is 31.4 Å². The highest BCUT2D eigenvalue weighted by atomic mass is 19.4. The summed E-state index contributed by atoms with van der Waals surface area (Å²) in [5.74, 6) is -5.51. The maximum Gasteiger partial charge on any atom is 0.490 e. The largest absolute Gasteiger partial charge is 0.490 e. The minimum Gasteiger partial charge on any atom is -0.475 e.